The molecule has 21 heavy (non-hydrogen) atoms. The number of alkyl halides is 3. The lowest BCUT2D eigenvalue weighted by Crippen LogP contribution is -2.09. The monoisotopic (exact) mass is 314 g/mol. The van der Waals surface area contributed by atoms with E-state index in [1.807, 2.05) is 0 Å². The summed E-state index contributed by atoms with van der Waals surface area (Å²) in [5.74, 6) is -1.31. The van der Waals surface area contributed by atoms with E-state index < -0.39 is 17.6 Å². The van der Waals surface area contributed by atoms with Gasteiger partial charge in [0.15, 0.2) is 0 Å². The fourth-order valence-electron chi connectivity index (χ4n) is 1.70. The van der Waals surface area contributed by atoms with Crippen molar-refractivity contribution in [3.8, 4) is 0 Å². The van der Waals surface area contributed by atoms with Crippen LogP contribution in [0, 0.1) is 5.82 Å². The maximum Gasteiger partial charge on any atom is 0.419 e. The minimum atomic E-state index is -4.74. The Balaban J connectivity index is 2.26. The molecule has 0 aliphatic carbocycles. The predicted octanol–water partition coefficient (Wildman–Crippen LogP) is 4.22. The predicted molar refractivity (Wildman–Crippen MR) is 77.0 cm³/mol. The molecule has 0 saturated carbocycles. The van der Waals surface area contributed by atoms with Gasteiger partial charge < -0.3 is 11.1 Å². The number of hydrogen-bond acceptors (Lipinski definition) is 2. The molecule has 7 heteroatoms. The molecular weight excluding hydrogens is 304 g/mol. The Labute approximate surface area is 123 Å². The lowest BCUT2D eigenvalue weighted by atomic mass is 10.1. The van der Waals surface area contributed by atoms with Gasteiger partial charge in [-0.2, -0.15) is 13.2 Å². The van der Waals surface area contributed by atoms with Crippen LogP contribution in [-0.4, -0.2) is 4.99 Å². The number of anilines is 2. The number of hydrogen-bond donors (Lipinski definition) is 2. The molecule has 0 bridgehead atoms. The highest BCUT2D eigenvalue weighted by Gasteiger charge is 2.34. The van der Waals surface area contributed by atoms with Gasteiger partial charge in [-0.25, -0.2) is 4.39 Å². The van der Waals surface area contributed by atoms with Gasteiger partial charge >= 0.3 is 6.18 Å². The number of rotatable bonds is 3. The van der Waals surface area contributed by atoms with Crippen molar-refractivity contribution in [3.63, 3.8) is 0 Å². The zero-order valence-corrected chi connectivity index (χ0v) is 11.4. The van der Waals surface area contributed by atoms with Crippen molar-refractivity contribution in [2.75, 3.05) is 5.32 Å². The molecule has 3 N–H and O–H groups in total. The Morgan fingerprint density at radius 1 is 1.00 bits per heavy atom. The topological polar surface area (TPSA) is 38.0 Å². The van der Waals surface area contributed by atoms with Crippen LogP contribution in [0.2, 0.25) is 0 Å². The average molecular weight is 314 g/mol. The molecule has 0 heterocycles. The van der Waals surface area contributed by atoms with E-state index >= 15 is 0 Å². The Morgan fingerprint density at radius 2 is 1.57 bits per heavy atom. The molecule has 0 spiro atoms. The van der Waals surface area contributed by atoms with E-state index in [0.29, 0.717) is 11.3 Å². The van der Waals surface area contributed by atoms with Gasteiger partial charge in [-0.15, -0.1) is 0 Å². The van der Waals surface area contributed by atoms with E-state index in [0.717, 1.165) is 12.1 Å². The van der Waals surface area contributed by atoms with E-state index in [1.54, 1.807) is 24.3 Å². The maximum absolute atomic E-state index is 13.2. The molecule has 0 saturated heterocycles. The van der Waals surface area contributed by atoms with Gasteiger partial charge in [0.05, 0.1) is 5.56 Å². The van der Waals surface area contributed by atoms with Crippen molar-refractivity contribution in [3.05, 3.63) is 59.4 Å². The third-order valence-electron chi connectivity index (χ3n) is 2.73. The number of thiocarbonyl (C=S) groups is 1. The first-order valence-electron chi connectivity index (χ1n) is 5.81. The van der Waals surface area contributed by atoms with Crippen LogP contribution in [0.5, 0.6) is 0 Å². The van der Waals surface area contributed by atoms with Crippen LogP contribution >= 0.6 is 12.2 Å². The highest BCUT2D eigenvalue weighted by atomic mass is 32.1. The van der Waals surface area contributed by atoms with Gasteiger partial charge in [0.25, 0.3) is 0 Å². The number of halogens is 4. The van der Waals surface area contributed by atoms with Crippen LogP contribution in [-0.2, 0) is 6.18 Å². The summed E-state index contributed by atoms with van der Waals surface area (Å²) in [6.45, 7) is 0. The molecule has 110 valence electrons. The summed E-state index contributed by atoms with van der Waals surface area (Å²) >= 11 is 4.80. The zero-order chi connectivity index (χ0) is 15.6. The van der Waals surface area contributed by atoms with E-state index in [4.69, 9.17) is 18.0 Å². The zero-order valence-electron chi connectivity index (χ0n) is 10.5. The first kappa shape index (κ1) is 15.2. The molecule has 2 nitrogen and oxygen atoms in total. The molecule has 0 aromatic heterocycles. The second kappa shape index (κ2) is 5.69. The molecule has 0 aliphatic heterocycles. The summed E-state index contributed by atoms with van der Waals surface area (Å²) in [6.07, 6.45) is -4.74. The van der Waals surface area contributed by atoms with Crippen molar-refractivity contribution in [1.29, 1.82) is 0 Å². The molecule has 0 aliphatic rings. The highest BCUT2D eigenvalue weighted by Crippen LogP contribution is 2.33. The molecular formula is C14H10F4N2S. The van der Waals surface area contributed by atoms with Gasteiger partial charge in [-0.3, -0.25) is 0 Å². The molecule has 0 amide bonds. The summed E-state index contributed by atoms with van der Waals surface area (Å²) < 4.78 is 51.0. The van der Waals surface area contributed by atoms with Crippen LogP contribution in [0.25, 0.3) is 0 Å². The van der Waals surface area contributed by atoms with Gasteiger partial charge in [0.1, 0.15) is 10.8 Å². The second-order valence-electron chi connectivity index (χ2n) is 4.26. The molecule has 0 unspecified atom stereocenters. The lowest BCUT2D eigenvalue weighted by molar-refractivity contribution is -0.139. The van der Waals surface area contributed by atoms with Crippen LogP contribution < -0.4 is 11.1 Å². The smallest absolute Gasteiger partial charge is 0.389 e. The minimum Gasteiger partial charge on any atom is -0.389 e. The molecule has 2 aromatic carbocycles. The molecule has 0 radical (unpaired) electrons. The lowest BCUT2D eigenvalue weighted by Gasteiger charge is -2.12. The fraction of sp³-hybridized carbons (Fsp3) is 0.0714. The van der Waals surface area contributed by atoms with Crippen LogP contribution in [0.15, 0.2) is 42.5 Å². The normalized spacial score (nSPS) is 11.2. The van der Waals surface area contributed by atoms with Gasteiger partial charge in [0, 0.05) is 16.9 Å². The van der Waals surface area contributed by atoms with Crippen LogP contribution in [0.4, 0.5) is 28.9 Å². The summed E-state index contributed by atoms with van der Waals surface area (Å²) in [6, 6.07) is 9.23. The molecule has 0 atom stereocenters. The minimum absolute atomic E-state index is 0.131. The van der Waals surface area contributed by atoms with Crippen LogP contribution in [0.1, 0.15) is 11.1 Å². The van der Waals surface area contributed by atoms with Crippen molar-refractivity contribution < 1.29 is 17.6 Å². The fourth-order valence-corrected chi connectivity index (χ4v) is 1.84. The summed E-state index contributed by atoms with van der Waals surface area (Å²) in [7, 11) is 0. The summed E-state index contributed by atoms with van der Waals surface area (Å²) in [5, 5.41) is 2.76. The first-order chi connectivity index (χ1) is 9.77. The second-order valence-corrected chi connectivity index (χ2v) is 4.70. The first-order valence-corrected chi connectivity index (χ1v) is 6.22. The Bertz CT molecular complexity index is 666. The van der Waals surface area contributed by atoms with Gasteiger partial charge in [0.2, 0.25) is 0 Å². The largest absolute Gasteiger partial charge is 0.419 e. The molecule has 2 aromatic rings. The van der Waals surface area contributed by atoms with Crippen molar-refractivity contribution in [2.45, 2.75) is 6.18 Å². The Kier molecular flexibility index (Phi) is 4.13. The molecule has 2 rings (SSSR count). The molecule has 0 fully saturated rings. The van der Waals surface area contributed by atoms with Gasteiger partial charge in [-0.05, 0) is 42.5 Å². The van der Waals surface area contributed by atoms with E-state index in [1.165, 1.54) is 6.07 Å². The van der Waals surface area contributed by atoms with Crippen molar-refractivity contribution in [1.82, 2.24) is 0 Å². The number of benzene rings is 2. The SMILES string of the molecule is NC(=S)c1ccc(Nc2ccc(F)c(C(F)(F)F)c2)cc1. The Morgan fingerprint density at radius 3 is 2.10 bits per heavy atom. The Hall–Kier alpha value is -2.15. The summed E-state index contributed by atoms with van der Waals surface area (Å²) in [4.78, 5) is 0.225. The summed E-state index contributed by atoms with van der Waals surface area (Å²) in [5.41, 5.74) is 5.44. The quantitative estimate of drug-likeness (QED) is 0.658. The third kappa shape index (κ3) is 3.69. The average Bonchev–Trinajstić information content (AvgIpc) is 2.40. The van der Waals surface area contributed by atoms with Crippen LogP contribution in [0.3, 0.4) is 0 Å². The van der Waals surface area contributed by atoms with Gasteiger partial charge in [-0.1, -0.05) is 12.2 Å². The highest BCUT2D eigenvalue weighted by molar-refractivity contribution is 7.80. The maximum atomic E-state index is 13.2. The van der Waals surface area contributed by atoms with E-state index in [-0.39, 0.29) is 10.7 Å². The third-order valence-corrected chi connectivity index (χ3v) is 2.97. The standard InChI is InChI=1S/C14H10F4N2S/c15-12-6-5-10(7-11(12)14(16,17)18)20-9-3-1-8(2-4-9)13(19)21/h1-7,20H,(H2,19,21). The van der Waals surface area contributed by atoms with Crippen molar-refractivity contribution >= 4 is 28.6 Å². The number of nitrogens with two attached hydrogens (primary N) is 1. The number of nitrogens with one attached hydrogen (secondary N) is 1. The van der Waals surface area contributed by atoms with E-state index in [2.05, 4.69) is 5.32 Å². The van der Waals surface area contributed by atoms with E-state index in [9.17, 15) is 17.6 Å². The van der Waals surface area contributed by atoms with Crippen molar-refractivity contribution in [2.24, 2.45) is 5.73 Å².